The Labute approximate surface area is 119 Å². The number of hydrogen-bond acceptors (Lipinski definition) is 4. The molecule has 2 heterocycles. The summed E-state index contributed by atoms with van der Waals surface area (Å²) in [5, 5.41) is 9.88. The van der Waals surface area contributed by atoms with Crippen molar-refractivity contribution in [2.45, 2.75) is 39.2 Å². The van der Waals surface area contributed by atoms with Crippen LogP contribution in [0.4, 0.5) is 5.82 Å². The molecule has 1 aromatic heterocycles. The number of nitrogens with two attached hydrogens (primary N) is 1. The van der Waals surface area contributed by atoms with Crippen molar-refractivity contribution in [3.63, 3.8) is 0 Å². The lowest BCUT2D eigenvalue weighted by Crippen LogP contribution is -2.19. The lowest BCUT2D eigenvalue weighted by atomic mass is 10.0. The number of amides is 1. The van der Waals surface area contributed by atoms with Crippen molar-refractivity contribution in [3.8, 4) is 0 Å². The highest BCUT2D eigenvalue weighted by atomic mass is 16.5. The number of anilines is 1. The van der Waals surface area contributed by atoms with Crippen LogP contribution in [-0.2, 0) is 16.0 Å². The topological polar surface area (TPSA) is 93.0 Å². The Balaban J connectivity index is 1.78. The van der Waals surface area contributed by atoms with Gasteiger partial charge in [-0.05, 0) is 24.7 Å². The molecule has 1 saturated heterocycles. The molecule has 112 valence electrons. The predicted octanol–water partition coefficient (Wildman–Crippen LogP) is 1.30. The monoisotopic (exact) mass is 280 g/mol. The number of rotatable bonds is 6. The molecule has 2 unspecified atom stereocenters. The number of aromatic nitrogens is 2. The van der Waals surface area contributed by atoms with Gasteiger partial charge in [-0.25, -0.2) is 0 Å². The number of nitrogens with one attached hydrogen (secondary N) is 2. The zero-order chi connectivity index (χ0) is 14.5. The Kier molecular flexibility index (Phi) is 5.14. The van der Waals surface area contributed by atoms with Crippen molar-refractivity contribution in [3.05, 3.63) is 11.8 Å². The van der Waals surface area contributed by atoms with Gasteiger partial charge in [0.15, 0.2) is 5.82 Å². The first-order valence-corrected chi connectivity index (χ1v) is 7.22. The van der Waals surface area contributed by atoms with Gasteiger partial charge in [-0.1, -0.05) is 13.8 Å². The van der Waals surface area contributed by atoms with Gasteiger partial charge in [0.2, 0.25) is 5.91 Å². The van der Waals surface area contributed by atoms with Crippen LogP contribution in [0.25, 0.3) is 0 Å². The summed E-state index contributed by atoms with van der Waals surface area (Å²) >= 11 is 0. The zero-order valence-corrected chi connectivity index (χ0v) is 12.2. The maximum atomic E-state index is 11.9. The van der Waals surface area contributed by atoms with Gasteiger partial charge in [-0.15, -0.1) is 0 Å². The summed E-state index contributed by atoms with van der Waals surface area (Å²) in [5.41, 5.74) is 6.60. The fraction of sp³-hybridized carbons (Fsp3) is 0.714. The van der Waals surface area contributed by atoms with E-state index in [1.54, 1.807) is 0 Å². The third-order valence-electron chi connectivity index (χ3n) is 3.43. The largest absolute Gasteiger partial charge is 0.377 e. The molecule has 0 saturated carbocycles. The number of ether oxygens (including phenoxy) is 1. The predicted molar refractivity (Wildman–Crippen MR) is 77.3 cm³/mol. The molecule has 0 radical (unpaired) electrons. The van der Waals surface area contributed by atoms with E-state index in [2.05, 4.69) is 29.4 Å². The number of nitrogens with zero attached hydrogens (tertiary/aromatic N) is 1. The van der Waals surface area contributed by atoms with Crippen LogP contribution in [0.2, 0.25) is 0 Å². The second-order valence-electron chi connectivity index (χ2n) is 5.92. The van der Waals surface area contributed by atoms with Crippen molar-refractivity contribution in [1.29, 1.82) is 0 Å². The molecule has 0 spiro atoms. The first kappa shape index (κ1) is 15.0. The molecule has 4 N–H and O–H groups in total. The van der Waals surface area contributed by atoms with E-state index in [9.17, 15) is 4.79 Å². The van der Waals surface area contributed by atoms with E-state index in [-0.39, 0.29) is 17.9 Å². The van der Waals surface area contributed by atoms with Crippen molar-refractivity contribution in [2.24, 2.45) is 17.6 Å². The van der Waals surface area contributed by atoms with Crippen LogP contribution < -0.4 is 11.1 Å². The van der Waals surface area contributed by atoms with Crippen LogP contribution in [-0.4, -0.2) is 35.4 Å². The zero-order valence-electron chi connectivity index (χ0n) is 12.2. The van der Waals surface area contributed by atoms with Crippen molar-refractivity contribution >= 4 is 11.7 Å². The maximum absolute atomic E-state index is 11.9. The van der Waals surface area contributed by atoms with Crippen molar-refractivity contribution < 1.29 is 9.53 Å². The molecule has 1 aromatic rings. The van der Waals surface area contributed by atoms with E-state index in [4.69, 9.17) is 10.5 Å². The Morgan fingerprint density at radius 2 is 2.45 bits per heavy atom. The molecule has 6 nitrogen and oxygen atoms in total. The summed E-state index contributed by atoms with van der Waals surface area (Å²) < 4.78 is 5.49. The van der Waals surface area contributed by atoms with Gasteiger partial charge >= 0.3 is 0 Å². The fourth-order valence-electron chi connectivity index (χ4n) is 2.51. The number of H-pyrrole nitrogens is 1. The standard InChI is InChI=1S/C14H24N4O2/c1-9(2)3-11-6-13(18-17-11)16-14(19)5-10-4-12(7-15)20-8-10/h6,9-10,12H,3-5,7-8,15H2,1-2H3,(H2,16,17,18,19). The minimum absolute atomic E-state index is 0.0149. The van der Waals surface area contributed by atoms with Gasteiger partial charge in [0.25, 0.3) is 0 Å². The molecule has 0 aromatic carbocycles. The number of carbonyl (C=O) groups is 1. The fourth-order valence-corrected chi connectivity index (χ4v) is 2.51. The molecule has 1 aliphatic rings. The number of carbonyl (C=O) groups excluding carboxylic acids is 1. The molecule has 6 heteroatoms. The van der Waals surface area contributed by atoms with Crippen LogP contribution in [0, 0.1) is 11.8 Å². The third kappa shape index (κ3) is 4.31. The Bertz CT molecular complexity index is 444. The molecule has 1 fully saturated rings. The minimum atomic E-state index is -0.0149. The van der Waals surface area contributed by atoms with Gasteiger partial charge in [0.05, 0.1) is 12.7 Å². The van der Waals surface area contributed by atoms with Crippen molar-refractivity contribution in [2.75, 3.05) is 18.5 Å². The van der Waals surface area contributed by atoms with Crippen LogP contribution in [0.3, 0.4) is 0 Å². The first-order chi connectivity index (χ1) is 9.56. The number of aromatic amines is 1. The van der Waals surface area contributed by atoms with Gasteiger partial charge in [0, 0.05) is 24.7 Å². The molecule has 0 aliphatic carbocycles. The number of hydrogen-bond donors (Lipinski definition) is 3. The highest BCUT2D eigenvalue weighted by Gasteiger charge is 2.26. The quantitative estimate of drug-likeness (QED) is 0.732. The van der Waals surface area contributed by atoms with Gasteiger partial charge in [-0.3, -0.25) is 9.89 Å². The van der Waals surface area contributed by atoms with E-state index in [1.165, 1.54) is 0 Å². The summed E-state index contributed by atoms with van der Waals surface area (Å²) in [6.07, 6.45) is 2.36. The Hall–Kier alpha value is -1.40. The second-order valence-corrected chi connectivity index (χ2v) is 5.92. The molecular weight excluding hydrogens is 256 g/mol. The van der Waals surface area contributed by atoms with E-state index in [0.29, 0.717) is 31.3 Å². The molecule has 2 rings (SSSR count). The van der Waals surface area contributed by atoms with Crippen molar-refractivity contribution in [1.82, 2.24) is 10.2 Å². The molecular formula is C14H24N4O2. The maximum Gasteiger partial charge on any atom is 0.225 e. The molecule has 0 bridgehead atoms. The van der Waals surface area contributed by atoms with Crippen LogP contribution in [0.1, 0.15) is 32.4 Å². The summed E-state index contributed by atoms with van der Waals surface area (Å²) in [7, 11) is 0. The average molecular weight is 280 g/mol. The highest BCUT2D eigenvalue weighted by molar-refractivity contribution is 5.89. The normalized spacial score (nSPS) is 22.4. The molecule has 1 amide bonds. The second kappa shape index (κ2) is 6.85. The lowest BCUT2D eigenvalue weighted by Gasteiger charge is -2.07. The van der Waals surface area contributed by atoms with Gasteiger partial charge in [0.1, 0.15) is 0 Å². The van der Waals surface area contributed by atoms with E-state index in [1.807, 2.05) is 6.07 Å². The average Bonchev–Trinajstić information content (AvgIpc) is 2.98. The van der Waals surface area contributed by atoms with E-state index in [0.717, 1.165) is 18.5 Å². The SMILES string of the molecule is CC(C)Cc1cc(NC(=O)CC2COC(CN)C2)n[nH]1. The molecule has 1 aliphatic heterocycles. The summed E-state index contributed by atoms with van der Waals surface area (Å²) in [5.74, 6) is 1.40. The smallest absolute Gasteiger partial charge is 0.225 e. The summed E-state index contributed by atoms with van der Waals surface area (Å²) in [4.78, 5) is 11.9. The summed E-state index contributed by atoms with van der Waals surface area (Å²) in [6.45, 7) is 5.44. The Morgan fingerprint density at radius 3 is 3.10 bits per heavy atom. The lowest BCUT2D eigenvalue weighted by molar-refractivity contribution is -0.117. The minimum Gasteiger partial charge on any atom is -0.377 e. The third-order valence-corrected chi connectivity index (χ3v) is 3.43. The van der Waals surface area contributed by atoms with Gasteiger partial charge in [-0.2, -0.15) is 5.10 Å². The highest BCUT2D eigenvalue weighted by Crippen LogP contribution is 2.22. The van der Waals surface area contributed by atoms with Crippen LogP contribution in [0.15, 0.2) is 6.07 Å². The van der Waals surface area contributed by atoms with E-state index < -0.39 is 0 Å². The summed E-state index contributed by atoms with van der Waals surface area (Å²) in [6, 6.07) is 1.89. The van der Waals surface area contributed by atoms with Crippen LogP contribution >= 0.6 is 0 Å². The van der Waals surface area contributed by atoms with Gasteiger partial charge < -0.3 is 15.8 Å². The molecule has 2 atom stereocenters. The first-order valence-electron chi connectivity index (χ1n) is 7.22. The molecule has 20 heavy (non-hydrogen) atoms. The van der Waals surface area contributed by atoms with E-state index >= 15 is 0 Å². The Morgan fingerprint density at radius 1 is 1.65 bits per heavy atom. The van der Waals surface area contributed by atoms with Crippen LogP contribution in [0.5, 0.6) is 0 Å².